The Morgan fingerprint density at radius 1 is 0.800 bits per heavy atom. The quantitative estimate of drug-likeness (QED) is 0.389. The zero-order valence-electron chi connectivity index (χ0n) is 21.1. The minimum atomic E-state index is 0.611. The van der Waals surface area contributed by atoms with E-state index in [-0.39, 0.29) is 0 Å². The highest BCUT2D eigenvalue weighted by atomic mass is 14.5. The minimum Gasteiger partial charge on any atom is -0.0649 e. The van der Waals surface area contributed by atoms with Crippen molar-refractivity contribution in [1.29, 1.82) is 0 Å². The van der Waals surface area contributed by atoms with Crippen LogP contribution in [0.5, 0.6) is 0 Å². The fourth-order valence-corrected chi connectivity index (χ4v) is 9.22. The molecule has 0 aromatic carbocycles. The normalized spacial score (nSPS) is 41.2. The Kier molecular flexibility index (Phi) is 7.95. The lowest BCUT2D eigenvalue weighted by molar-refractivity contribution is 0.0536. The summed E-state index contributed by atoms with van der Waals surface area (Å²) >= 11 is 0. The maximum absolute atomic E-state index is 2.72. The molecule has 4 aliphatic carbocycles. The van der Waals surface area contributed by atoms with Gasteiger partial charge in [-0.15, -0.1) is 0 Å². The largest absolute Gasteiger partial charge is 0.0649 e. The summed E-state index contributed by atoms with van der Waals surface area (Å²) < 4.78 is 0. The molecule has 8 unspecified atom stereocenters. The van der Waals surface area contributed by atoms with Crippen LogP contribution in [0.3, 0.4) is 0 Å². The van der Waals surface area contributed by atoms with Gasteiger partial charge in [-0.3, -0.25) is 0 Å². The van der Waals surface area contributed by atoms with Crippen LogP contribution in [0.4, 0.5) is 0 Å². The monoisotopic (exact) mass is 414 g/mol. The van der Waals surface area contributed by atoms with E-state index in [1.165, 1.54) is 64.2 Å². The van der Waals surface area contributed by atoms with Crippen molar-refractivity contribution in [2.75, 3.05) is 0 Å². The van der Waals surface area contributed by atoms with E-state index in [1.54, 1.807) is 44.9 Å². The third-order valence-electron chi connectivity index (χ3n) is 11.4. The first kappa shape index (κ1) is 23.2. The average Bonchev–Trinajstić information content (AvgIpc) is 3.09. The standard InChI is InChI=1S/C30H54/c1-5-30(4,28-15-7-6-8-16-28)21-27(24-14-11-12-22(2)18-24)20-26-19-25-13-9-10-17-29(25)23(26)3/h22-29H,5-21H2,1-4H3. The summed E-state index contributed by atoms with van der Waals surface area (Å²) in [6.45, 7) is 10.5. The number of fused-ring (bicyclic) bond motifs is 1. The van der Waals surface area contributed by atoms with Crippen LogP contribution < -0.4 is 0 Å². The molecule has 0 radical (unpaired) electrons. The van der Waals surface area contributed by atoms with Crippen molar-refractivity contribution in [3.63, 3.8) is 0 Å². The van der Waals surface area contributed by atoms with Gasteiger partial charge in [-0.25, -0.2) is 0 Å². The Bertz CT molecular complexity index is 516. The lowest BCUT2D eigenvalue weighted by Gasteiger charge is -2.45. The van der Waals surface area contributed by atoms with Crippen LogP contribution in [0.15, 0.2) is 0 Å². The molecule has 4 saturated carbocycles. The molecule has 174 valence electrons. The van der Waals surface area contributed by atoms with Gasteiger partial charge in [0.15, 0.2) is 0 Å². The molecule has 4 aliphatic rings. The topological polar surface area (TPSA) is 0 Å². The fourth-order valence-electron chi connectivity index (χ4n) is 9.22. The molecule has 8 atom stereocenters. The molecule has 4 rings (SSSR count). The van der Waals surface area contributed by atoms with Gasteiger partial charge in [0.1, 0.15) is 0 Å². The summed E-state index contributed by atoms with van der Waals surface area (Å²) in [7, 11) is 0. The van der Waals surface area contributed by atoms with Crippen LogP contribution >= 0.6 is 0 Å². The molecular weight excluding hydrogens is 360 g/mol. The van der Waals surface area contributed by atoms with Gasteiger partial charge in [0, 0.05) is 0 Å². The highest BCUT2D eigenvalue weighted by Crippen LogP contribution is 2.54. The van der Waals surface area contributed by atoms with Gasteiger partial charge in [0.25, 0.3) is 0 Å². The van der Waals surface area contributed by atoms with Gasteiger partial charge in [-0.2, -0.15) is 0 Å². The highest BCUT2D eigenvalue weighted by molar-refractivity contribution is 4.95. The predicted molar refractivity (Wildman–Crippen MR) is 132 cm³/mol. The van der Waals surface area contributed by atoms with Gasteiger partial charge in [0.2, 0.25) is 0 Å². The van der Waals surface area contributed by atoms with Crippen LogP contribution in [0.2, 0.25) is 0 Å². The Balaban J connectivity index is 1.49. The molecule has 0 spiro atoms. The van der Waals surface area contributed by atoms with E-state index in [0.29, 0.717) is 5.41 Å². The molecule has 0 bridgehead atoms. The van der Waals surface area contributed by atoms with Crippen molar-refractivity contribution in [2.24, 2.45) is 52.8 Å². The van der Waals surface area contributed by atoms with E-state index in [4.69, 9.17) is 0 Å². The second kappa shape index (κ2) is 10.3. The van der Waals surface area contributed by atoms with Crippen LogP contribution in [0.25, 0.3) is 0 Å². The predicted octanol–water partition coefficient (Wildman–Crippen LogP) is 9.67. The molecular formula is C30H54. The Labute approximate surface area is 189 Å². The molecule has 30 heavy (non-hydrogen) atoms. The van der Waals surface area contributed by atoms with E-state index in [0.717, 1.165) is 47.3 Å². The summed E-state index contributed by atoms with van der Waals surface area (Å²) in [5.41, 5.74) is 0.611. The molecule has 0 aromatic rings. The van der Waals surface area contributed by atoms with Crippen molar-refractivity contribution in [3.05, 3.63) is 0 Å². The van der Waals surface area contributed by atoms with Crippen LogP contribution in [-0.2, 0) is 0 Å². The second-order valence-electron chi connectivity index (χ2n) is 13.1. The lowest BCUT2D eigenvalue weighted by Crippen LogP contribution is -2.35. The van der Waals surface area contributed by atoms with Crippen molar-refractivity contribution in [3.8, 4) is 0 Å². The lowest BCUT2D eigenvalue weighted by atomic mass is 9.60. The van der Waals surface area contributed by atoms with E-state index >= 15 is 0 Å². The van der Waals surface area contributed by atoms with Gasteiger partial charge in [-0.05, 0) is 97.7 Å². The zero-order valence-corrected chi connectivity index (χ0v) is 21.1. The first-order valence-electron chi connectivity index (χ1n) is 14.5. The van der Waals surface area contributed by atoms with E-state index in [2.05, 4.69) is 27.7 Å². The molecule has 0 saturated heterocycles. The second-order valence-corrected chi connectivity index (χ2v) is 13.1. The Hall–Kier alpha value is 0. The van der Waals surface area contributed by atoms with E-state index in [1.807, 2.05) is 0 Å². The molecule has 0 heterocycles. The summed E-state index contributed by atoms with van der Waals surface area (Å²) in [6.07, 6.45) is 26.0. The van der Waals surface area contributed by atoms with Crippen LogP contribution in [0.1, 0.15) is 137 Å². The first-order chi connectivity index (χ1) is 14.5. The number of hydrogen-bond donors (Lipinski definition) is 0. The van der Waals surface area contributed by atoms with Gasteiger partial charge in [0.05, 0.1) is 0 Å². The van der Waals surface area contributed by atoms with E-state index in [9.17, 15) is 0 Å². The summed E-state index contributed by atoms with van der Waals surface area (Å²) in [6, 6.07) is 0. The van der Waals surface area contributed by atoms with Crippen LogP contribution in [0, 0.1) is 52.8 Å². The number of hydrogen-bond acceptors (Lipinski definition) is 0. The first-order valence-corrected chi connectivity index (χ1v) is 14.5. The highest BCUT2D eigenvalue weighted by Gasteiger charge is 2.44. The molecule has 4 fully saturated rings. The maximum atomic E-state index is 2.72. The maximum Gasteiger partial charge on any atom is -0.0297 e. The van der Waals surface area contributed by atoms with E-state index < -0.39 is 0 Å². The summed E-state index contributed by atoms with van der Waals surface area (Å²) in [5, 5.41) is 0. The fraction of sp³-hybridized carbons (Fsp3) is 1.00. The minimum absolute atomic E-state index is 0.611. The third-order valence-corrected chi connectivity index (χ3v) is 11.4. The zero-order chi connectivity index (χ0) is 21.1. The molecule has 0 nitrogen and oxygen atoms in total. The molecule has 0 aromatic heterocycles. The smallest absolute Gasteiger partial charge is 0.0297 e. The van der Waals surface area contributed by atoms with Gasteiger partial charge in [-0.1, -0.05) is 91.9 Å². The van der Waals surface area contributed by atoms with Crippen molar-refractivity contribution in [2.45, 2.75) is 137 Å². The van der Waals surface area contributed by atoms with Crippen molar-refractivity contribution >= 4 is 0 Å². The van der Waals surface area contributed by atoms with Crippen molar-refractivity contribution in [1.82, 2.24) is 0 Å². The van der Waals surface area contributed by atoms with Gasteiger partial charge >= 0.3 is 0 Å². The summed E-state index contributed by atoms with van der Waals surface area (Å²) in [5.74, 6) is 8.31. The van der Waals surface area contributed by atoms with Crippen LogP contribution in [-0.4, -0.2) is 0 Å². The Morgan fingerprint density at radius 2 is 1.53 bits per heavy atom. The molecule has 0 aliphatic heterocycles. The average molecular weight is 415 g/mol. The number of rotatable bonds is 7. The SMILES string of the molecule is CCC(C)(CC(CC1CC2CCCCC2C1C)C1CCCC(C)C1)C1CCCCC1. The molecule has 0 heteroatoms. The molecule has 0 N–H and O–H groups in total. The third kappa shape index (κ3) is 5.14. The van der Waals surface area contributed by atoms with Crippen molar-refractivity contribution < 1.29 is 0 Å². The van der Waals surface area contributed by atoms with Gasteiger partial charge < -0.3 is 0 Å². The molecule has 0 amide bonds. The summed E-state index contributed by atoms with van der Waals surface area (Å²) in [4.78, 5) is 0. The Morgan fingerprint density at radius 3 is 2.23 bits per heavy atom.